The first-order chi connectivity index (χ1) is 18.0. The number of amides is 3. The number of benzene rings is 3. The van der Waals surface area contributed by atoms with Gasteiger partial charge in [-0.25, -0.2) is 9.69 Å². The molecule has 0 saturated heterocycles. The Balaban J connectivity index is 1.48. The Hall–Kier alpha value is -4.64. The van der Waals surface area contributed by atoms with E-state index in [4.69, 9.17) is 11.6 Å². The molecule has 0 unspecified atom stereocenters. The topological polar surface area (TPSA) is 105 Å². The van der Waals surface area contributed by atoms with Crippen molar-refractivity contribution in [1.82, 2.24) is 0 Å². The molecule has 0 aliphatic carbocycles. The lowest BCUT2D eigenvalue weighted by molar-refractivity contribution is -0.137. The summed E-state index contributed by atoms with van der Waals surface area (Å²) in [6.07, 6.45) is -4.55. The van der Waals surface area contributed by atoms with Gasteiger partial charge in [-0.2, -0.15) is 13.2 Å². The van der Waals surface area contributed by atoms with Gasteiger partial charge in [-0.3, -0.25) is 14.4 Å². The fraction of sp³-hybridized carbons (Fsp3) is 0.0769. The number of alkyl halides is 3. The van der Waals surface area contributed by atoms with Gasteiger partial charge in [-0.15, -0.1) is 0 Å². The van der Waals surface area contributed by atoms with Gasteiger partial charge in [0.05, 0.1) is 23.9 Å². The van der Waals surface area contributed by atoms with Crippen molar-refractivity contribution in [3.05, 3.63) is 100 Å². The zero-order valence-corrected chi connectivity index (χ0v) is 20.2. The molecule has 3 aromatic rings. The molecule has 2 N–H and O–H groups in total. The number of carbonyl (C=O) groups excluding carboxylic acids is 4. The molecule has 0 radical (unpaired) electrons. The van der Waals surface area contributed by atoms with Gasteiger partial charge >= 0.3 is 12.1 Å². The van der Waals surface area contributed by atoms with Gasteiger partial charge in [-0.1, -0.05) is 23.7 Å². The molecular weight excluding hydrogens is 527 g/mol. The van der Waals surface area contributed by atoms with Crippen molar-refractivity contribution in [2.75, 3.05) is 22.6 Å². The minimum atomic E-state index is -4.55. The van der Waals surface area contributed by atoms with E-state index in [9.17, 15) is 32.3 Å². The number of imide groups is 1. The molecule has 0 bridgehead atoms. The van der Waals surface area contributed by atoms with E-state index in [-0.39, 0.29) is 33.2 Å². The normalized spacial score (nSPS) is 13.6. The maximum Gasteiger partial charge on any atom is 0.416 e. The summed E-state index contributed by atoms with van der Waals surface area (Å²) in [5.41, 5.74) is -0.483. The largest absolute Gasteiger partial charge is 0.465 e. The summed E-state index contributed by atoms with van der Waals surface area (Å²) in [6.45, 7) is 0. The molecule has 0 saturated carbocycles. The van der Waals surface area contributed by atoms with Gasteiger partial charge in [0.1, 0.15) is 10.7 Å². The van der Waals surface area contributed by atoms with Crippen LogP contribution in [0.15, 0.2) is 83.5 Å². The van der Waals surface area contributed by atoms with Gasteiger partial charge in [0.2, 0.25) is 0 Å². The Bertz CT molecular complexity index is 1490. The lowest BCUT2D eigenvalue weighted by Gasteiger charge is -2.16. The van der Waals surface area contributed by atoms with Crippen LogP contribution >= 0.6 is 11.6 Å². The second-order valence-electron chi connectivity index (χ2n) is 7.91. The first-order valence-electron chi connectivity index (χ1n) is 10.8. The average molecular weight is 544 g/mol. The molecule has 1 aliphatic heterocycles. The molecule has 194 valence electrons. The van der Waals surface area contributed by atoms with Crippen LogP contribution in [0.25, 0.3) is 0 Å². The molecule has 3 amide bonds. The lowest BCUT2D eigenvalue weighted by atomic mass is 10.1. The Kier molecular flexibility index (Phi) is 7.22. The molecule has 8 nitrogen and oxygen atoms in total. The summed E-state index contributed by atoms with van der Waals surface area (Å²) in [5, 5.41) is 4.76. The van der Waals surface area contributed by atoms with Crippen molar-refractivity contribution in [3.8, 4) is 0 Å². The number of nitrogens with one attached hydrogen (secondary N) is 2. The standard InChI is InChI=1S/C26H17ClF3N3O5/c1-38-25(37)15-4-2-7-19(12-15)33-23(35)20(27)21(24(33)36)31-17-10-8-14(9-11-17)22(34)32-18-6-3-5-16(13-18)26(28,29)30/h2-13,31H,1H3,(H,32,34). The van der Waals surface area contributed by atoms with Crippen molar-refractivity contribution in [2.24, 2.45) is 0 Å². The zero-order valence-electron chi connectivity index (χ0n) is 19.4. The molecule has 3 aromatic carbocycles. The van der Waals surface area contributed by atoms with E-state index in [1.165, 1.54) is 67.8 Å². The number of hydrogen-bond acceptors (Lipinski definition) is 6. The molecule has 0 aromatic heterocycles. The van der Waals surface area contributed by atoms with Crippen LogP contribution in [0.4, 0.5) is 30.2 Å². The number of methoxy groups -OCH3 is 1. The molecule has 38 heavy (non-hydrogen) atoms. The Morgan fingerprint density at radius 3 is 2.21 bits per heavy atom. The molecule has 0 atom stereocenters. The van der Waals surface area contributed by atoms with Crippen LogP contribution in [0, 0.1) is 0 Å². The number of esters is 1. The fourth-order valence-corrected chi connectivity index (χ4v) is 3.77. The van der Waals surface area contributed by atoms with Gasteiger partial charge < -0.3 is 15.4 Å². The smallest absolute Gasteiger partial charge is 0.416 e. The molecule has 1 heterocycles. The monoisotopic (exact) mass is 543 g/mol. The van der Waals surface area contributed by atoms with Crippen molar-refractivity contribution in [1.29, 1.82) is 0 Å². The Morgan fingerprint density at radius 1 is 0.868 bits per heavy atom. The third-order valence-corrected chi connectivity index (χ3v) is 5.77. The number of hydrogen-bond donors (Lipinski definition) is 2. The number of carbonyl (C=O) groups is 4. The predicted molar refractivity (Wildman–Crippen MR) is 133 cm³/mol. The van der Waals surface area contributed by atoms with Crippen LogP contribution in [0.1, 0.15) is 26.3 Å². The summed E-state index contributed by atoms with van der Waals surface area (Å²) in [5.74, 6) is -2.89. The maximum absolute atomic E-state index is 13.0. The molecule has 0 spiro atoms. The van der Waals surface area contributed by atoms with Gasteiger partial charge in [0.25, 0.3) is 17.7 Å². The summed E-state index contributed by atoms with van der Waals surface area (Å²) in [4.78, 5) is 50.8. The summed E-state index contributed by atoms with van der Waals surface area (Å²) in [7, 11) is 1.20. The molecule has 12 heteroatoms. The molecule has 4 rings (SSSR count). The SMILES string of the molecule is COC(=O)c1cccc(N2C(=O)C(Cl)=C(Nc3ccc(C(=O)Nc4cccc(C(F)(F)F)c4)cc3)C2=O)c1. The zero-order chi connectivity index (χ0) is 27.6. The van der Waals surface area contributed by atoms with Crippen LogP contribution < -0.4 is 15.5 Å². The quantitative estimate of drug-likeness (QED) is 0.328. The van der Waals surface area contributed by atoms with E-state index < -0.39 is 35.4 Å². The van der Waals surface area contributed by atoms with Crippen molar-refractivity contribution in [3.63, 3.8) is 0 Å². The van der Waals surface area contributed by atoms with Crippen LogP contribution in [0.5, 0.6) is 0 Å². The maximum atomic E-state index is 13.0. The van der Waals surface area contributed by atoms with E-state index in [0.29, 0.717) is 5.69 Å². The van der Waals surface area contributed by atoms with Crippen LogP contribution in [-0.2, 0) is 20.5 Å². The number of halogens is 4. The Morgan fingerprint density at radius 2 is 1.55 bits per heavy atom. The number of ether oxygens (including phenoxy) is 1. The summed E-state index contributed by atoms with van der Waals surface area (Å²) in [6, 6.07) is 15.5. The third kappa shape index (κ3) is 5.37. The van der Waals surface area contributed by atoms with Crippen molar-refractivity contribution in [2.45, 2.75) is 6.18 Å². The van der Waals surface area contributed by atoms with E-state index >= 15 is 0 Å². The highest BCUT2D eigenvalue weighted by molar-refractivity contribution is 6.53. The molecule has 1 aliphatic rings. The van der Waals surface area contributed by atoms with Crippen LogP contribution in [0.3, 0.4) is 0 Å². The van der Waals surface area contributed by atoms with E-state index in [1.807, 2.05) is 0 Å². The van der Waals surface area contributed by atoms with E-state index in [2.05, 4.69) is 15.4 Å². The highest BCUT2D eigenvalue weighted by Gasteiger charge is 2.39. The van der Waals surface area contributed by atoms with E-state index in [0.717, 1.165) is 17.0 Å². The minimum absolute atomic E-state index is 0.0320. The highest BCUT2D eigenvalue weighted by Crippen LogP contribution is 2.32. The number of rotatable bonds is 6. The second kappa shape index (κ2) is 10.4. The summed E-state index contributed by atoms with van der Waals surface area (Å²) >= 11 is 6.13. The number of nitrogens with zero attached hydrogens (tertiary/aromatic N) is 1. The molecule has 0 fully saturated rings. The minimum Gasteiger partial charge on any atom is -0.465 e. The van der Waals surface area contributed by atoms with Gasteiger partial charge in [-0.05, 0) is 60.7 Å². The van der Waals surface area contributed by atoms with Crippen molar-refractivity contribution >= 4 is 52.4 Å². The van der Waals surface area contributed by atoms with E-state index in [1.54, 1.807) is 0 Å². The molecular formula is C26H17ClF3N3O5. The van der Waals surface area contributed by atoms with Crippen LogP contribution in [0.2, 0.25) is 0 Å². The summed E-state index contributed by atoms with van der Waals surface area (Å²) < 4.78 is 43.4. The number of anilines is 3. The second-order valence-corrected chi connectivity index (χ2v) is 8.29. The predicted octanol–water partition coefficient (Wildman–Crippen LogP) is 5.18. The lowest BCUT2D eigenvalue weighted by Crippen LogP contribution is -2.32. The van der Waals surface area contributed by atoms with Gasteiger partial charge in [0.15, 0.2) is 0 Å². The average Bonchev–Trinajstić information content (AvgIpc) is 3.11. The highest BCUT2D eigenvalue weighted by atomic mass is 35.5. The first-order valence-corrected chi connectivity index (χ1v) is 11.2. The first kappa shape index (κ1) is 26.4. The van der Waals surface area contributed by atoms with Crippen LogP contribution in [-0.4, -0.2) is 30.8 Å². The van der Waals surface area contributed by atoms with Crippen molar-refractivity contribution < 1.29 is 37.1 Å². The fourth-order valence-electron chi connectivity index (χ4n) is 3.56. The van der Waals surface area contributed by atoms with Gasteiger partial charge in [0, 0.05) is 16.9 Å². The Labute approximate surface area is 218 Å². The third-order valence-electron chi connectivity index (χ3n) is 5.42.